The van der Waals surface area contributed by atoms with Gasteiger partial charge in [0.2, 0.25) is 0 Å². The molecule has 0 unspecified atom stereocenters. The van der Waals surface area contributed by atoms with Crippen molar-refractivity contribution in [2.24, 2.45) is 0 Å². The van der Waals surface area contributed by atoms with Gasteiger partial charge < -0.3 is 4.52 Å². The molecule has 0 aliphatic heterocycles. The molecule has 23 heavy (non-hydrogen) atoms. The van der Waals surface area contributed by atoms with E-state index in [0.717, 1.165) is 45.6 Å². The van der Waals surface area contributed by atoms with Crippen LogP contribution in [0, 0.1) is 0 Å². The molecule has 0 atom stereocenters. The number of carbonyl (C=O) groups is 1. The average Bonchev–Trinajstić information content (AvgIpc) is 3.29. The number of thioether (sulfide) groups is 2. The molecule has 1 saturated carbocycles. The molecule has 1 fully saturated rings. The molecule has 0 N–H and O–H groups in total. The number of halogens is 1. The molecule has 3 rings (SSSR count). The van der Waals surface area contributed by atoms with Crippen LogP contribution < -0.4 is 0 Å². The van der Waals surface area contributed by atoms with Crippen molar-refractivity contribution in [2.45, 2.75) is 36.3 Å². The van der Waals surface area contributed by atoms with Crippen LogP contribution in [-0.4, -0.2) is 22.9 Å². The van der Waals surface area contributed by atoms with Gasteiger partial charge in [-0.15, -0.1) is 11.8 Å². The molecular formula is C17H18ClNO2S2. The Balaban J connectivity index is 2.01. The summed E-state index contributed by atoms with van der Waals surface area (Å²) in [7, 11) is 0. The van der Waals surface area contributed by atoms with Crippen LogP contribution in [0.5, 0.6) is 0 Å². The highest BCUT2D eigenvalue weighted by atomic mass is 35.5. The van der Waals surface area contributed by atoms with Crippen molar-refractivity contribution in [2.75, 3.05) is 12.0 Å². The van der Waals surface area contributed by atoms with Crippen molar-refractivity contribution < 1.29 is 9.32 Å². The van der Waals surface area contributed by atoms with Crippen LogP contribution in [0.15, 0.2) is 27.7 Å². The third-order valence-electron chi connectivity index (χ3n) is 3.89. The summed E-state index contributed by atoms with van der Waals surface area (Å²) in [6.45, 7) is 2.12. The van der Waals surface area contributed by atoms with Crippen LogP contribution >= 0.6 is 35.1 Å². The molecule has 2 aromatic rings. The summed E-state index contributed by atoms with van der Waals surface area (Å²) in [6.07, 6.45) is 5.68. The Morgan fingerprint density at radius 3 is 2.83 bits per heavy atom. The van der Waals surface area contributed by atoms with Gasteiger partial charge in [-0.25, -0.2) is 0 Å². The molecule has 1 aromatic heterocycles. The predicted molar refractivity (Wildman–Crippen MR) is 97.0 cm³/mol. The third-order valence-corrected chi connectivity index (χ3v) is 6.02. The first-order valence-corrected chi connectivity index (χ1v) is 10.4. The lowest BCUT2D eigenvalue weighted by Gasteiger charge is -2.13. The zero-order valence-corrected chi connectivity index (χ0v) is 15.5. The number of aromatic nitrogens is 1. The molecule has 122 valence electrons. The maximum Gasteiger partial charge on any atom is 0.199 e. The van der Waals surface area contributed by atoms with Gasteiger partial charge in [0.15, 0.2) is 11.5 Å². The second kappa shape index (κ2) is 7.32. The predicted octanol–water partition coefficient (Wildman–Crippen LogP) is 5.41. The molecule has 0 bridgehead atoms. The van der Waals surface area contributed by atoms with E-state index in [9.17, 15) is 4.79 Å². The standard InChI is InChI=1S/C17H18ClNO2S2/c1-3-23-9-13-14(18)7-6-11(17(13)22-2)15(20)12-8-19-21-16(12)10-4-5-10/h6-8,10H,3-5,9H2,1-2H3. The molecule has 0 radical (unpaired) electrons. The van der Waals surface area contributed by atoms with Crippen molar-refractivity contribution in [3.8, 4) is 0 Å². The fourth-order valence-electron chi connectivity index (χ4n) is 2.56. The van der Waals surface area contributed by atoms with Crippen molar-refractivity contribution in [1.82, 2.24) is 5.16 Å². The van der Waals surface area contributed by atoms with E-state index in [1.54, 1.807) is 29.7 Å². The third kappa shape index (κ3) is 3.47. The minimum absolute atomic E-state index is 0.0167. The van der Waals surface area contributed by atoms with Gasteiger partial charge in [-0.2, -0.15) is 11.8 Å². The summed E-state index contributed by atoms with van der Waals surface area (Å²) in [6, 6.07) is 3.64. The molecule has 0 spiro atoms. The molecule has 0 amide bonds. The fraction of sp³-hybridized carbons (Fsp3) is 0.412. The summed E-state index contributed by atoms with van der Waals surface area (Å²) in [5.41, 5.74) is 2.33. The van der Waals surface area contributed by atoms with Gasteiger partial charge >= 0.3 is 0 Å². The maximum atomic E-state index is 13.0. The maximum absolute atomic E-state index is 13.0. The molecule has 1 aromatic carbocycles. The number of ketones is 1. The first kappa shape index (κ1) is 16.9. The van der Waals surface area contributed by atoms with E-state index in [-0.39, 0.29) is 5.78 Å². The van der Waals surface area contributed by atoms with E-state index in [2.05, 4.69) is 12.1 Å². The second-order valence-electron chi connectivity index (χ2n) is 5.45. The number of benzene rings is 1. The normalized spacial score (nSPS) is 14.2. The number of hydrogen-bond acceptors (Lipinski definition) is 5. The Labute approximate surface area is 149 Å². The van der Waals surface area contributed by atoms with Crippen molar-refractivity contribution >= 4 is 40.9 Å². The van der Waals surface area contributed by atoms with Gasteiger partial charge in [-0.3, -0.25) is 4.79 Å². The van der Waals surface area contributed by atoms with E-state index >= 15 is 0 Å². The zero-order chi connectivity index (χ0) is 16.4. The minimum Gasteiger partial charge on any atom is -0.360 e. The van der Waals surface area contributed by atoms with Crippen molar-refractivity contribution in [1.29, 1.82) is 0 Å². The summed E-state index contributed by atoms with van der Waals surface area (Å²) in [5, 5.41) is 4.56. The largest absolute Gasteiger partial charge is 0.360 e. The average molecular weight is 368 g/mol. The summed E-state index contributed by atoms with van der Waals surface area (Å²) >= 11 is 9.74. The molecule has 6 heteroatoms. The van der Waals surface area contributed by atoms with Gasteiger partial charge in [-0.1, -0.05) is 23.7 Å². The van der Waals surface area contributed by atoms with E-state index < -0.39 is 0 Å². The SMILES string of the molecule is CCSCc1c(Cl)ccc(C(=O)c2cnoc2C2CC2)c1SC. The smallest absolute Gasteiger partial charge is 0.199 e. The number of hydrogen-bond donors (Lipinski definition) is 0. The fourth-order valence-corrected chi connectivity index (χ4v) is 4.53. The Kier molecular flexibility index (Phi) is 5.39. The van der Waals surface area contributed by atoms with Crippen LogP contribution in [0.2, 0.25) is 5.02 Å². The number of nitrogens with zero attached hydrogens (tertiary/aromatic N) is 1. The van der Waals surface area contributed by atoms with E-state index in [0.29, 0.717) is 17.0 Å². The quantitative estimate of drug-likeness (QED) is 0.483. The van der Waals surface area contributed by atoms with Crippen LogP contribution in [-0.2, 0) is 5.75 Å². The summed E-state index contributed by atoms with van der Waals surface area (Å²) in [5.74, 6) is 2.90. The summed E-state index contributed by atoms with van der Waals surface area (Å²) < 4.78 is 5.32. The number of rotatable bonds is 7. The lowest BCUT2D eigenvalue weighted by atomic mass is 10.0. The van der Waals surface area contributed by atoms with Gasteiger partial charge in [-0.05, 0) is 42.5 Å². The highest BCUT2D eigenvalue weighted by Gasteiger charge is 2.33. The van der Waals surface area contributed by atoms with Crippen molar-refractivity contribution in [3.63, 3.8) is 0 Å². The van der Waals surface area contributed by atoms with Crippen LogP contribution in [0.25, 0.3) is 0 Å². The Morgan fingerprint density at radius 2 is 2.17 bits per heavy atom. The number of carbonyl (C=O) groups excluding carboxylic acids is 1. The zero-order valence-electron chi connectivity index (χ0n) is 13.1. The lowest BCUT2D eigenvalue weighted by Crippen LogP contribution is -2.06. The van der Waals surface area contributed by atoms with Crippen LogP contribution in [0.1, 0.15) is 52.9 Å². The Bertz CT molecular complexity index is 725. The Morgan fingerprint density at radius 1 is 1.39 bits per heavy atom. The van der Waals surface area contributed by atoms with Crippen LogP contribution in [0.3, 0.4) is 0 Å². The first-order chi connectivity index (χ1) is 11.2. The minimum atomic E-state index is -0.0167. The molecule has 1 heterocycles. The Hall–Kier alpha value is -0.910. The topological polar surface area (TPSA) is 43.1 Å². The highest BCUT2D eigenvalue weighted by molar-refractivity contribution is 7.99. The molecule has 0 saturated heterocycles. The lowest BCUT2D eigenvalue weighted by molar-refractivity contribution is 0.103. The van der Waals surface area contributed by atoms with E-state index in [4.69, 9.17) is 16.1 Å². The monoisotopic (exact) mass is 367 g/mol. The van der Waals surface area contributed by atoms with Gasteiger partial charge in [0, 0.05) is 27.2 Å². The molecular weight excluding hydrogens is 350 g/mol. The van der Waals surface area contributed by atoms with E-state index in [1.165, 1.54) is 0 Å². The van der Waals surface area contributed by atoms with Gasteiger partial charge in [0.05, 0.1) is 11.8 Å². The molecule has 1 aliphatic rings. The molecule has 1 aliphatic carbocycles. The van der Waals surface area contributed by atoms with E-state index in [1.807, 2.05) is 18.4 Å². The van der Waals surface area contributed by atoms with Crippen LogP contribution in [0.4, 0.5) is 0 Å². The first-order valence-electron chi connectivity index (χ1n) is 7.59. The highest BCUT2D eigenvalue weighted by Crippen LogP contribution is 2.43. The summed E-state index contributed by atoms with van der Waals surface area (Å²) in [4.78, 5) is 14.0. The van der Waals surface area contributed by atoms with Crippen molar-refractivity contribution in [3.05, 3.63) is 45.8 Å². The second-order valence-corrected chi connectivity index (χ2v) is 7.95. The van der Waals surface area contributed by atoms with Gasteiger partial charge in [0.25, 0.3) is 0 Å². The molecule has 3 nitrogen and oxygen atoms in total. The van der Waals surface area contributed by atoms with Gasteiger partial charge in [0.1, 0.15) is 0 Å².